The lowest BCUT2D eigenvalue weighted by atomic mass is 9.81. The first-order valence-electron chi connectivity index (χ1n) is 10.7. The Bertz CT molecular complexity index is 1030. The van der Waals surface area contributed by atoms with Gasteiger partial charge in [-0.2, -0.15) is 0 Å². The van der Waals surface area contributed by atoms with E-state index in [1.807, 2.05) is 36.4 Å². The molecule has 0 spiro atoms. The number of ether oxygens (including phenoxy) is 1. The molecule has 0 radical (unpaired) electrons. The van der Waals surface area contributed by atoms with Gasteiger partial charge in [0.15, 0.2) is 6.10 Å². The number of likely N-dealkylation sites (tertiary alicyclic amines) is 1. The van der Waals surface area contributed by atoms with E-state index < -0.39 is 24.0 Å². The monoisotopic (exact) mass is 422 g/mol. The van der Waals surface area contributed by atoms with Crippen molar-refractivity contribution in [2.75, 3.05) is 5.32 Å². The van der Waals surface area contributed by atoms with Gasteiger partial charge >= 0.3 is 5.97 Å². The second kappa shape index (κ2) is 8.49. The number of hydrogen-bond acceptors (Lipinski definition) is 5. The molecule has 1 heterocycles. The number of carbonyl (C=O) groups is 4. The van der Waals surface area contributed by atoms with Gasteiger partial charge in [-0.25, -0.2) is 4.79 Å². The van der Waals surface area contributed by atoms with Crippen molar-refractivity contribution < 1.29 is 23.9 Å². The zero-order chi connectivity index (χ0) is 22.1. The van der Waals surface area contributed by atoms with Gasteiger partial charge in [0.05, 0.1) is 11.8 Å². The van der Waals surface area contributed by atoms with Gasteiger partial charge in [0.1, 0.15) is 6.04 Å². The van der Waals surface area contributed by atoms with Crippen LogP contribution in [0, 0.1) is 11.8 Å². The number of hydrogen-bond donors (Lipinski definition) is 1. The SMILES string of the molecule is C[C@@H](OC(=O)[C@H](C)N1C(=O)[C@H]2CCCC[C@H]2C1=O)C(=O)Nc1ccc2ccccc2c1. The Morgan fingerprint density at radius 1 is 0.968 bits per heavy atom. The van der Waals surface area contributed by atoms with E-state index in [0.717, 1.165) is 28.5 Å². The number of benzene rings is 2. The third-order valence-corrected chi connectivity index (χ3v) is 6.28. The van der Waals surface area contributed by atoms with Crippen molar-refractivity contribution in [2.24, 2.45) is 11.8 Å². The molecule has 2 aromatic carbocycles. The minimum atomic E-state index is -1.07. The smallest absolute Gasteiger partial charge is 0.329 e. The number of amides is 3. The predicted octanol–water partition coefficient (Wildman–Crippen LogP) is 3.27. The average molecular weight is 422 g/mol. The van der Waals surface area contributed by atoms with Crippen molar-refractivity contribution in [1.82, 2.24) is 4.90 Å². The topological polar surface area (TPSA) is 92.8 Å². The Kier molecular flexibility index (Phi) is 5.76. The van der Waals surface area contributed by atoms with E-state index in [9.17, 15) is 19.2 Å². The first kappa shape index (κ1) is 21.0. The summed E-state index contributed by atoms with van der Waals surface area (Å²) in [5.74, 6) is -2.50. The van der Waals surface area contributed by atoms with Gasteiger partial charge in [0, 0.05) is 5.69 Å². The Hall–Kier alpha value is -3.22. The van der Waals surface area contributed by atoms with Gasteiger partial charge in [-0.05, 0) is 49.6 Å². The molecule has 4 rings (SSSR count). The summed E-state index contributed by atoms with van der Waals surface area (Å²) in [5, 5.41) is 4.77. The standard InChI is InChI=1S/C24H26N2O5/c1-14(26-22(28)19-9-5-6-10-20(19)23(26)29)24(30)31-15(2)21(27)25-18-12-11-16-7-3-4-8-17(16)13-18/h3-4,7-8,11-15,19-20H,5-6,9-10H2,1-2H3,(H,25,27)/t14-,15+,19-,20+/m0/s1. The van der Waals surface area contributed by atoms with Crippen LogP contribution in [0.2, 0.25) is 0 Å². The summed E-state index contributed by atoms with van der Waals surface area (Å²) < 4.78 is 5.30. The summed E-state index contributed by atoms with van der Waals surface area (Å²) in [5.41, 5.74) is 0.591. The molecule has 7 heteroatoms. The number of nitrogens with zero attached hydrogens (tertiary/aromatic N) is 1. The van der Waals surface area contributed by atoms with E-state index in [1.54, 1.807) is 6.07 Å². The fourth-order valence-electron chi connectivity index (χ4n) is 4.51. The minimum Gasteiger partial charge on any atom is -0.451 e. The highest BCUT2D eigenvalue weighted by Gasteiger charge is 2.51. The van der Waals surface area contributed by atoms with Crippen LogP contribution < -0.4 is 5.32 Å². The Balaban J connectivity index is 1.38. The summed E-state index contributed by atoms with van der Waals surface area (Å²) in [6.07, 6.45) is 2.12. The molecule has 0 aromatic heterocycles. The summed E-state index contributed by atoms with van der Waals surface area (Å²) in [7, 11) is 0. The molecule has 2 fully saturated rings. The highest BCUT2D eigenvalue weighted by Crippen LogP contribution is 2.39. The Morgan fingerprint density at radius 3 is 2.23 bits per heavy atom. The predicted molar refractivity (Wildman–Crippen MR) is 115 cm³/mol. The number of esters is 1. The van der Waals surface area contributed by atoms with Crippen molar-refractivity contribution in [1.29, 1.82) is 0 Å². The molecule has 31 heavy (non-hydrogen) atoms. The fraction of sp³-hybridized carbons (Fsp3) is 0.417. The van der Waals surface area contributed by atoms with E-state index in [2.05, 4.69) is 5.32 Å². The fourth-order valence-corrected chi connectivity index (χ4v) is 4.51. The molecular weight excluding hydrogens is 396 g/mol. The first-order valence-corrected chi connectivity index (χ1v) is 10.7. The Morgan fingerprint density at radius 2 is 1.58 bits per heavy atom. The number of rotatable bonds is 5. The maximum Gasteiger partial charge on any atom is 0.329 e. The van der Waals surface area contributed by atoms with Gasteiger partial charge < -0.3 is 10.1 Å². The lowest BCUT2D eigenvalue weighted by Crippen LogP contribution is -2.46. The van der Waals surface area contributed by atoms with Crippen LogP contribution in [-0.4, -0.2) is 40.7 Å². The summed E-state index contributed by atoms with van der Waals surface area (Å²) >= 11 is 0. The van der Waals surface area contributed by atoms with Crippen molar-refractivity contribution in [3.8, 4) is 0 Å². The maximum atomic E-state index is 12.7. The van der Waals surface area contributed by atoms with Crippen LogP contribution in [0.3, 0.4) is 0 Å². The summed E-state index contributed by atoms with van der Waals surface area (Å²) in [6.45, 7) is 2.94. The molecule has 0 unspecified atom stereocenters. The number of anilines is 1. The van der Waals surface area contributed by atoms with Crippen LogP contribution in [0.5, 0.6) is 0 Å². The van der Waals surface area contributed by atoms with Crippen LogP contribution in [0.4, 0.5) is 5.69 Å². The molecule has 1 aliphatic carbocycles. The van der Waals surface area contributed by atoms with Gasteiger partial charge in [-0.15, -0.1) is 0 Å². The minimum absolute atomic E-state index is 0.299. The molecule has 1 N–H and O–H groups in total. The summed E-state index contributed by atoms with van der Waals surface area (Å²) in [6, 6.07) is 12.2. The number of fused-ring (bicyclic) bond motifs is 2. The number of imide groups is 1. The van der Waals surface area contributed by atoms with E-state index >= 15 is 0 Å². The van der Waals surface area contributed by atoms with Gasteiger partial charge in [0.2, 0.25) is 11.8 Å². The molecule has 1 saturated carbocycles. The van der Waals surface area contributed by atoms with Gasteiger partial charge in [0.25, 0.3) is 5.91 Å². The lowest BCUT2D eigenvalue weighted by Gasteiger charge is -2.23. The molecule has 2 aromatic rings. The largest absolute Gasteiger partial charge is 0.451 e. The normalized spacial score (nSPS) is 22.7. The zero-order valence-corrected chi connectivity index (χ0v) is 17.7. The van der Waals surface area contributed by atoms with Crippen LogP contribution in [0.1, 0.15) is 39.5 Å². The second-order valence-corrected chi connectivity index (χ2v) is 8.35. The quantitative estimate of drug-likeness (QED) is 0.590. The van der Waals surface area contributed by atoms with Crippen LogP contribution in [0.15, 0.2) is 42.5 Å². The van der Waals surface area contributed by atoms with Crippen molar-refractivity contribution in [3.05, 3.63) is 42.5 Å². The number of carbonyl (C=O) groups excluding carboxylic acids is 4. The van der Waals surface area contributed by atoms with E-state index in [4.69, 9.17) is 4.74 Å². The van der Waals surface area contributed by atoms with Crippen LogP contribution >= 0.6 is 0 Å². The van der Waals surface area contributed by atoms with E-state index in [-0.39, 0.29) is 23.7 Å². The number of nitrogens with one attached hydrogen (secondary N) is 1. The van der Waals surface area contributed by atoms with Gasteiger partial charge in [-0.3, -0.25) is 19.3 Å². The average Bonchev–Trinajstić information content (AvgIpc) is 3.03. The zero-order valence-electron chi connectivity index (χ0n) is 17.7. The molecule has 2 aliphatic rings. The first-order chi connectivity index (χ1) is 14.9. The van der Waals surface area contributed by atoms with Gasteiger partial charge in [-0.1, -0.05) is 43.2 Å². The lowest BCUT2D eigenvalue weighted by molar-refractivity contribution is -0.163. The second-order valence-electron chi connectivity index (χ2n) is 8.35. The maximum absolute atomic E-state index is 12.7. The van der Waals surface area contributed by atoms with Crippen molar-refractivity contribution in [2.45, 2.75) is 51.7 Å². The molecule has 1 saturated heterocycles. The van der Waals surface area contributed by atoms with Crippen LogP contribution in [0.25, 0.3) is 10.8 Å². The molecule has 162 valence electrons. The van der Waals surface area contributed by atoms with E-state index in [1.165, 1.54) is 13.8 Å². The summed E-state index contributed by atoms with van der Waals surface area (Å²) in [4.78, 5) is 51.5. The highest BCUT2D eigenvalue weighted by atomic mass is 16.5. The third kappa shape index (κ3) is 4.04. The highest BCUT2D eigenvalue weighted by molar-refractivity contribution is 6.08. The molecule has 1 aliphatic heterocycles. The van der Waals surface area contributed by atoms with E-state index in [0.29, 0.717) is 18.5 Å². The van der Waals surface area contributed by atoms with Crippen molar-refractivity contribution in [3.63, 3.8) is 0 Å². The molecule has 7 nitrogen and oxygen atoms in total. The van der Waals surface area contributed by atoms with Crippen molar-refractivity contribution >= 4 is 40.2 Å². The third-order valence-electron chi connectivity index (χ3n) is 6.28. The molecule has 3 amide bonds. The van der Waals surface area contributed by atoms with Crippen LogP contribution in [-0.2, 0) is 23.9 Å². The molecule has 0 bridgehead atoms. The Labute approximate surface area is 180 Å². The molecular formula is C24H26N2O5. The molecule has 4 atom stereocenters.